The van der Waals surface area contributed by atoms with E-state index in [1.807, 2.05) is 62.2 Å². The van der Waals surface area contributed by atoms with Gasteiger partial charge in [-0.15, -0.1) is 0 Å². The normalized spacial score (nSPS) is 13.1. The zero-order valence-electron chi connectivity index (χ0n) is 22.5. The number of halogens is 1. The van der Waals surface area contributed by atoms with Gasteiger partial charge in [0.15, 0.2) is 11.5 Å². The first-order valence-corrected chi connectivity index (χ1v) is 13.2. The molecule has 6 heteroatoms. The Hall–Kier alpha value is -2.86. The third-order valence-corrected chi connectivity index (χ3v) is 6.67. The Morgan fingerprint density at radius 1 is 0.892 bits per heavy atom. The van der Waals surface area contributed by atoms with E-state index < -0.39 is 0 Å². The van der Waals surface area contributed by atoms with Crippen molar-refractivity contribution in [3.63, 3.8) is 0 Å². The van der Waals surface area contributed by atoms with Gasteiger partial charge in [0.1, 0.15) is 13.4 Å². The van der Waals surface area contributed by atoms with Crippen molar-refractivity contribution in [2.45, 2.75) is 39.3 Å². The number of methoxy groups -OCH3 is 1. The highest BCUT2D eigenvalue weighted by Crippen LogP contribution is 2.29. The second-order valence-electron chi connectivity index (χ2n) is 9.15. The van der Waals surface area contributed by atoms with Crippen molar-refractivity contribution in [2.24, 2.45) is 0 Å². The number of aryl methyl sites for hydroxylation is 1. The Labute approximate surface area is 228 Å². The van der Waals surface area contributed by atoms with Crippen LogP contribution in [0.4, 0.5) is 0 Å². The molecule has 37 heavy (non-hydrogen) atoms. The SMILES string of the molecule is C=O.COc1cc(CN(C)CCN2CCCCC2)ccc1OCc1ccccc1.Cc1ccccc1Cl. The fraction of sp³-hybridized carbons (Fsp3) is 0.387. The number of hydrogen-bond donors (Lipinski definition) is 0. The zero-order chi connectivity index (χ0) is 26.9. The van der Waals surface area contributed by atoms with E-state index in [0.717, 1.165) is 47.3 Å². The number of likely N-dealkylation sites (N-methyl/N-ethyl adjacent to an activating group) is 1. The number of carbonyl (C=O) groups excluding carboxylic acids is 1. The summed E-state index contributed by atoms with van der Waals surface area (Å²) < 4.78 is 11.5. The summed E-state index contributed by atoms with van der Waals surface area (Å²) >= 11 is 5.71. The molecule has 0 aromatic heterocycles. The highest BCUT2D eigenvalue weighted by molar-refractivity contribution is 6.31. The van der Waals surface area contributed by atoms with Gasteiger partial charge in [-0.1, -0.05) is 72.6 Å². The molecule has 0 atom stereocenters. The monoisotopic (exact) mass is 524 g/mol. The van der Waals surface area contributed by atoms with Crippen molar-refractivity contribution < 1.29 is 14.3 Å². The number of likely N-dealkylation sites (tertiary alicyclic amines) is 1. The molecule has 1 heterocycles. The molecule has 0 radical (unpaired) electrons. The van der Waals surface area contributed by atoms with Crippen LogP contribution in [-0.2, 0) is 17.9 Å². The highest BCUT2D eigenvalue weighted by atomic mass is 35.5. The smallest absolute Gasteiger partial charge is 0.161 e. The summed E-state index contributed by atoms with van der Waals surface area (Å²) in [6.45, 7) is 10.2. The van der Waals surface area contributed by atoms with Gasteiger partial charge in [0.25, 0.3) is 0 Å². The fourth-order valence-electron chi connectivity index (χ4n) is 4.10. The minimum atomic E-state index is 0.548. The molecule has 0 saturated carbocycles. The quantitative estimate of drug-likeness (QED) is 0.313. The molecule has 1 aliphatic heterocycles. The van der Waals surface area contributed by atoms with Gasteiger partial charge in [-0.25, -0.2) is 0 Å². The topological polar surface area (TPSA) is 42.0 Å². The van der Waals surface area contributed by atoms with Crippen LogP contribution in [0.25, 0.3) is 0 Å². The molecule has 0 spiro atoms. The summed E-state index contributed by atoms with van der Waals surface area (Å²) in [5.74, 6) is 1.59. The Balaban J connectivity index is 0.000000406. The maximum atomic E-state index is 8.00. The molecule has 1 fully saturated rings. The molecule has 0 aliphatic carbocycles. The van der Waals surface area contributed by atoms with Gasteiger partial charge in [-0.2, -0.15) is 0 Å². The van der Waals surface area contributed by atoms with Crippen molar-refractivity contribution in [1.82, 2.24) is 9.80 Å². The molecule has 0 unspecified atom stereocenters. The van der Waals surface area contributed by atoms with Gasteiger partial charge in [-0.05, 0) is 74.8 Å². The summed E-state index contributed by atoms with van der Waals surface area (Å²) in [5.41, 5.74) is 3.54. The van der Waals surface area contributed by atoms with E-state index in [0.29, 0.717) is 6.61 Å². The first kappa shape index (κ1) is 30.4. The fourth-order valence-corrected chi connectivity index (χ4v) is 4.24. The molecule has 4 rings (SSSR count). The second kappa shape index (κ2) is 17.6. The molecule has 3 aromatic rings. The number of nitrogens with zero attached hydrogens (tertiary/aromatic N) is 2. The first-order valence-electron chi connectivity index (χ1n) is 12.8. The lowest BCUT2D eigenvalue weighted by molar-refractivity contribution is -0.0979. The van der Waals surface area contributed by atoms with Crippen LogP contribution in [0.5, 0.6) is 11.5 Å². The number of hydrogen-bond acceptors (Lipinski definition) is 5. The minimum absolute atomic E-state index is 0.548. The Morgan fingerprint density at radius 3 is 2.19 bits per heavy atom. The van der Waals surface area contributed by atoms with Crippen LogP contribution in [0.1, 0.15) is 36.0 Å². The number of piperidine rings is 1. The van der Waals surface area contributed by atoms with E-state index in [2.05, 4.69) is 41.1 Å². The molecule has 1 saturated heterocycles. The van der Waals surface area contributed by atoms with Gasteiger partial charge in [0.2, 0.25) is 0 Å². The van der Waals surface area contributed by atoms with Crippen LogP contribution in [-0.4, -0.2) is 56.9 Å². The van der Waals surface area contributed by atoms with E-state index >= 15 is 0 Å². The minimum Gasteiger partial charge on any atom is -0.493 e. The third kappa shape index (κ3) is 11.4. The van der Waals surface area contributed by atoms with E-state index in [-0.39, 0.29) is 0 Å². The maximum absolute atomic E-state index is 8.00. The summed E-state index contributed by atoms with van der Waals surface area (Å²) in [5, 5.41) is 0.840. The first-order chi connectivity index (χ1) is 18.0. The average molecular weight is 525 g/mol. The Kier molecular flexibility index (Phi) is 14.4. The lowest BCUT2D eigenvalue weighted by Gasteiger charge is -2.28. The zero-order valence-corrected chi connectivity index (χ0v) is 23.3. The summed E-state index contributed by atoms with van der Waals surface area (Å²) in [6.07, 6.45) is 4.10. The predicted octanol–water partition coefficient (Wildman–Crippen LogP) is 6.66. The molecule has 3 aromatic carbocycles. The highest BCUT2D eigenvalue weighted by Gasteiger charge is 2.12. The van der Waals surface area contributed by atoms with E-state index in [4.69, 9.17) is 25.9 Å². The maximum Gasteiger partial charge on any atom is 0.161 e. The van der Waals surface area contributed by atoms with E-state index in [9.17, 15) is 0 Å². The van der Waals surface area contributed by atoms with Crippen molar-refractivity contribution in [3.8, 4) is 11.5 Å². The van der Waals surface area contributed by atoms with Crippen LogP contribution >= 0.6 is 11.6 Å². The van der Waals surface area contributed by atoms with Gasteiger partial charge >= 0.3 is 0 Å². The Morgan fingerprint density at radius 2 is 1.57 bits per heavy atom. The molecule has 5 nitrogen and oxygen atoms in total. The van der Waals surface area contributed by atoms with Gasteiger partial charge in [-0.3, -0.25) is 0 Å². The van der Waals surface area contributed by atoms with Crippen LogP contribution < -0.4 is 9.47 Å². The summed E-state index contributed by atoms with van der Waals surface area (Å²) in [4.78, 5) is 13.0. The average Bonchev–Trinajstić information content (AvgIpc) is 2.95. The van der Waals surface area contributed by atoms with Crippen LogP contribution in [0.3, 0.4) is 0 Å². The van der Waals surface area contributed by atoms with Crippen molar-refractivity contribution in [1.29, 1.82) is 0 Å². The van der Waals surface area contributed by atoms with Crippen LogP contribution in [0.15, 0.2) is 72.8 Å². The van der Waals surface area contributed by atoms with Crippen LogP contribution in [0.2, 0.25) is 5.02 Å². The lowest BCUT2D eigenvalue weighted by Crippen LogP contribution is -2.36. The largest absolute Gasteiger partial charge is 0.493 e. The molecule has 0 amide bonds. The van der Waals surface area contributed by atoms with Crippen molar-refractivity contribution in [3.05, 3.63) is 94.5 Å². The molecular weight excluding hydrogens is 484 g/mol. The number of ether oxygens (including phenoxy) is 2. The molecular formula is C31H41ClN2O3. The van der Waals surface area contributed by atoms with Crippen molar-refractivity contribution in [2.75, 3.05) is 40.3 Å². The lowest BCUT2D eigenvalue weighted by atomic mass is 10.1. The standard InChI is InChI=1S/C23H32N2O2.C7H7Cl.CH2O/c1-24(15-16-25-13-7-4-8-14-25)18-21-11-12-22(23(17-21)26-2)27-19-20-9-5-3-6-10-20;1-6-4-2-3-5-7(6)8;1-2/h3,5-6,9-12,17H,4,7-8,13-16,18-19H2,1-2H3;2-5H,1H3;1H2. The van der Waals surface area contributed by atoms with Gasteiger partial charge in [0.05, 0.1) is 7.11 Å². The number of benzene rings is 3. The van der Waals surface area contributed by atoms with E-state index in [1.165, 1.54) is 37.9 Å². The Bertz CT molecular complexity index is 1000. The van der Waals surface area contributed by atoms with E-state index in [1.54, 1.807) is 7.11 Å². The third-order valence-electron chi connectivity index (χ3n) is 6.24. The number of rotatable bonds is 9. The molecule has 0 N–H and O–H groups in total. The van der Waals surface area contributed by atoms with Crippen molar-refractivity contribution >= 4 is 18.4 Å². The summed E-state index contributed by atoms with van der Waals surface area (Å²) in [7, 11) is 3.89. The number of carbonyl (C=O) groups is 1. The summed E-state index contributed by atoms with van der Waals surface area (Å²) in [6, 6.07) is 24.2. The van der Waals surface area contributed by atoms with Gasteiger partial charge in [0, 0.05) is 24.7 Å². The van der Waals surface area contributed by atoms with Gasteiger partial charge < -0.3 is 24.1 Å². The molecule has 1 aliphatic rings. The van der Waals surface area contributed by atoms with Crippen LogP contribution in [0, 0.1) is 6.92 Å². The predicted molar refractivity (Wildman–Crippen MR) is 154 cm³/mol. The second-order valence-corrected chi connectivity index (χ2v) is 9.56. The molecule has 200 valence electrons. The molecule has 0 bridgehead atoms.